The molecule has 0 heterocycles. The van der Waals surface area contributed by atoms with Gasteiger partial charge in [0.25, 0.3) is 12.4 Å². The zero-order valence-electron chi connectivity index (χ0n) is 5.49. The molecular formula is C6H6FNO2S. The Kier molecular flexibility index (Phi) is 3.00. The second-order valence-corrected chi connectivity index (χ2v) is 2.03. The predicted molar refractivity (Wildman–Crippen MR) is 40.6 cm³/mol. The van der Waals surface area contributed by atoms with Crippen molar-refractivity contribution in [3.8, 4) is 11.5 Å². The summed E-state index contributed by atoms with van der Waals surface area (Å²) >= 11 is -0.222. The molecule has 0 aromatic heterocycles. The normalized spacial score (nSPS) is 9.27. The molecule has 0 fully saturated rings. The molecule has 0 amide bonds. The van der Waals surface area contributed by atoms with Gasteiger partial charge in [-0.1, -0.05) is 6.07 Å². The maximum Gasteiger partial charge on any atom is 0.272 e. The molecule has 0 aliphatic rings. The lowest BCUT2D eigenvalue weighted by Gasteiger charge is -2.00. The lowest BCUT2D eigenvalue weighted by atomic mass is 10.3. The van der Waals surface area contributed by atoms with Crippen molar-refractivity contribution >= 4 is 12.4 Å². The van der Waals surface area contributed by atoms with Gasteiger partial charge in [-0.25, -0.2) is 0 Å². The lowest BCUT2D eigenvalue weighted by Crippen LogP contribution is -2.01. The average molecular weight is 175 g/mol. The van der Waals surface area contributed by atoms with Gasteiger partial charge >= 0.3 is 0 Å². The molecule has 0 aliphatic carbocycles. The van der Waals surface area contributed by atoms with E-state index < -0.39 is 0 Å². The molecule has 0 unspecified atom stereocenters. The first-order valence-electron chi connectivity index (χ1n) is 2.79. The summed E-state index contributed by atoms with van der Waals surface area (Å²) < 4.78 is 16.0. The number of halogens is 1. The molecule has 0 aliphatic heterocycles. The molecule has 1 aromatic carbocycles. The van der Waals surface area contributed by atoms with Crippen LogP contribution in [0.2, 0.25) is 0 Å². The highest BCUT2D eigenvalue weighted by molar-refractivity contribution is 7.89. The number of nitrogens with two attached hydrogens (primary N) is 1. The molecule has 3 nitrogen and oxygen atoms in total. The Hall–Kier alpha value is -0.940. The Morgan fingerprint density at radius 1 is 1.36 bits per heavy atom. The van der Waals surface area contributed by atoms with Crippen LogP contribution in [0.15, 0.2) is 24.3 Å². The van der Waals surface area contributed by atoms with Gasteiger partial charge in [0.15, 0.2) is 5.75 Å². The van der Waals surface area contributed by atoms with Gasteiger partial charge in [0.05, 0.1) is 0 Å². The highest BCUT2D eigenvalue weighted by atomic mass is 32.2. The molecule has 0 radical (unpaired) electrons. The van der Waals surface area contributed by atoms with E-state index >= 15 is 0 Å². The summed E-state index contributed by atoms with van der Waals surface area (Å²) in [5, 5.41) is 0. The van der Waals surface area contributed by atoms with Crippen molar-refractivity contribution in [1.29, 1.82) is 0 Å². The largest absolute Gasteiger partial charge is 0.411 e. The first-order chi connectivity index (χ1) is 5.36. The van der Waals surface area contributed by atoms with Gasteiger partial charge in [-0.05, 0) is 12.1 Å². The van der Waals surface area contributed by atoms with Crippen molar-refractivity contribution in [3.63, 3.8) is 0 Å². The van der Waals surface area contributed by atoms with Crippen molar-refractivity contribution < 1.29 is 12.9 Å². The zero-order valence-corrected chi connectivity index (χ0v) is 6.31. The van der Waals surface area contributed by atoms with Crippen molar-refractivity contribution in [3.05, 3.63) is 24.3 Å². The third kappa shape index (κ3) is 2.28. The second-order valence-electron chi connectivity index (χ2n) is 1.74. The fourth-order valence-corrected chi connectivity index (χ4v) is 0.812. The number of benzene rings is 1. The van der Waals surface area contributed by atoms with E-state index in [1.165, 1.54) is 6.07 Å². The summed E-state index contributed by atoms with van der Waals surface area (Å²) in [6, 6.07) is 6.35. The van der Waals surface area contributed by atoms with Crippen molar-refractivity contribution in [1.82, 2.24) is 0 Å². The maximum atomic E-state index is 11.5. The minimum absolute atomic E-state index is 0.222. The van der Waals surface area contributed by atoms with Crippen molar-refractivity contribution in [2.24, 2.45) is 5.90 Å². The van der Waals surface area contributed by atoms with Gasteiger partial charge in [0.2, 0.25) is 0 Å². The minimum Gasteiger partial charge on any atom is -0.411 e. The molecule has 0 saturated carbocycles. The summed E-state index contributed by atoms with van der Waals surface area (Å²) in [6.07, 6.45) is 0. The Labute approximate surface area is 67.7 Å². The summed E-state index contributed by atoms with van der Waals surface area (Å²) in [5.41, 5.74) is 0. The van der Waals surface area contributed by atoms with E-state index in [2.05, 4.69) is 9.02 Å². The number of hydrogen-bond acceptors (Lipinski definition) is 4. The Bertz CT molecular complexity index is 234. The van der Waals surface area contributed by atoms with Crippen LogP contribution in [0, 0.1) is 0 Å². The van der Waals surface area contributed by atoms with Crippen LogP contribution in [0.3, 0.4) is 0 Å². The first-order valence-corrected chi connectivity index (χ1v) is 3.43. The van der Waals surface area contributed by atoms with Crippen LogP contribution in [0.5, 0.6) is 11.5 Å². The molecule has 1 rings (SSSR count). The number of rotatable bonds is 3. The van der Waals surface area contributed by atoms with E-state index in [9.17, 15) is 3.89 Å². The Balaban J connectivity index is 2.74. The average Bonchev–Trinajstić information content (AvgIpc) is 2.06. The molecule has 0 atom stereocenters. The molecule has 60 valence electrons. The van der Waals surface area contributed by atoms with Crippen molar-refractivity contribution in [2.45, 2.75) is 0 Å². The number of hydrogen-bond donors (Lipinski definition) is 1. The summed E-state index contributed by atoms with van der Waals surface area (Å²) in [7, 11) is 0. The summed E-state index contributed by atoms with van der Waals surface area (Å²) in [4.78, 5) is 4.39. The molecule has 0 bridgehead atoms. The van der Waals surface area contributed by atoms with E-state index in [4.69, 9.17) is 5.90 Å². The Morgan fingerprint density at radius 2 is 2.09 bits per heavy atom. The molecule has 0 spiro atoms. The van der Waals surface area contributed by atoms with Gasteiger partial charge in [-0.2, -0.15) is 5.90 Å². The van der Waals surface area contributed by atoms with E-state index in [1.54, 1.807) is 18.2 Å². The smallest absolute Gasteiger partial charge is 0.272 e. The van der Waals surface area contributed by atoms with Gasteiger partial charge in [-0.15, -0.1) is 3.89 Å². The monoisotopic (exact) mass is 175 g/mol. The molecule has 5 heteroatoms. The summed E-state index contributed by atoms with van der Waals surface area (Å²) in [5.74, 6) is 5.65. The van der Waals surface area contributed by atoms with Crippen LogP contribution in [0.4, 0.5) is 3.89 Å². The highest BCUT2D eigenvalue weighted by Crippen LogP contribution is 2.21. The predicted octanol–water partition coefficient (Wildman–Crippen LogP) is 1.85. The van der Waals surface area contributed by atoms with Crippen LogP contribution in [0.1, 0.15) is 0 Å². The van der Waals surface area contributed by atoms with Gasteiger partial charge in [0, 0.05) is 6.07 Å². The molecular weight excluding hydrogens is 169 g/mol. The fourth-order valence-electron chi connectivity index (χ4n) is 0.636. The standard InChI is InChI=1S/C6H6FNO2S/c7-11-10-6-3-1-2-5(4-6)9-8/h1-4H,8H2. The van der Waals surface area contributed by atoms with Gasteiger partial charge in [-0.3, -0.25) is 0 Å². The third-order valence-electron chi connectivity index (χ3n) is 1.07. The van der Waals surface area contributed by atoms with Gasteiger partial charge in [0.1, 0.15) is 5.75 Å². The molecule has 11 heavy (non-hydrogen) atoms. The second kappa shape index (κ2) is 4.05. The quantitative estimate of drug-likeness (QED) is 0.562. The third-order valence-corrected chi connectivity index (χ3v) is 1.32. The Morgan fingerprint density at radius 3 is 2.73 bits per heavy atom. The highest BCUT2D eigenvalue weighted by Gasteiger charge is 1.96. The van der Waals surface area contributed by atoms with E-state index in [0.717, 1.165) is 0 Å². The summed E-state index contributed by atoms with van der Waals surface area (Å²) in [6.45, 7) is 0. The lowest BCUT2D eigenvalue weighted by molar-refractivity contribution is 0.333. The van der Waals surface area contributed by atoms with Gasteiger partial charge < -0.3 is 9.02 Å². The molecule has 1 aromatic rings. The van der Waals surface area contributed by atoms with E-state index in [1.807, 2.05) is 0 Å². The van der Waals surface area contributed by atoms with Crippen LogP contribution < -0.4 is 14.9 Å². The molecule has 0 saturated heterocycles. The zero-order chi connectivity index (χ0) is 8.10. The van der Waals surface area contributed by atoms with Crippen LogP contribution in [-0.2, 0) is 0 Å². The van der Waals surface area contributed by atoms with E-state index in [-0.39, 0.29) is 12.4 Å². The maximum absolute atomic E-state index is 11.5. The SMILES string of the molecule is NOc1cccc(OSF)c1. The first kappa shape index (κ1) is 8.16. The van der Waals surface area contributed by atoms with E-state index in [0.29, 0.717) is 11.5 Å². The van der Waals surface area contributed by atoms with Crippen LogP contribution >= 0.6 is 12.4 Å². The topological polar surface area (TPSA) is 44.5 Å². The molecule has 2 N–H and O–H groups in total. The van der Waals surface area contributed by atoms with Crippen LogP contribution in [0.25, 0.3) is 0 Å². The van der Waals surface area contributed by atoms with Crippen molar-refractivity contribution in [2.75, 3.05) is 0 Å². The fraction of sp³-hybridized carbons (Fsp3) is 0. The van der Waals surface area contributed by atoms with Crippen LogP contribution in [-0.4, -0.2) is 0 Å². The minimum atomic E-state index is -0.222.